The Balaban J connectivity index is 1.38. The van der Waals surface area contributed by atoms with Gasteiger partial charge in [0.25, 0.3) is 0 Å². The van der Waals surface area contributed by atoms with Gasteiger partial charge in [0.2, 0.25) is 5.88 Å². The Morgan fingerprint density at radius 2 is 1.54 bits per heavy atom. The molecule has 0 bridgehead atoms. The topological polar surface area (TPSA) is 81.7 Å². The molecular weight excluding hydrogens is 466 g/mol. The van der Waals surface area contributed by atoms with Gasteiger partial charge < -0.3 is 24.8 Å². The molecular formula is C30H31N3O4. The van der Waals surface area contributed by atoms with Crippen molar-refractivity contribution in [1.29, 1.82) is 0 Å². The fourth-order valence-electron chi connectivity index (χ4n) is 3.75. The predicted molar refractivity (Wildman–Crippen MR) is 146 cm³/mol. The number of hydrogen-bond donors (Lipinski definition) is 2. The fraction of sp³-hybridized carbons (Fsp3) is 0.200. The summed E-state index contributed by atoms with van der Waals surface area (Å²) in [5.74, 6) is 2.46. The zero-order chi connectivity index (χ0) is 26.3. The molecule has 4 aromatic rings. The lowest BCUT2D eigenvalue weighted by Gasteiger charge is -2.22. The summed E-state index contributed by atoms with van der Waals surface area (Å²) in [6, 6.07) is 25.8. The van der Waals surface area contributed by atoms with Gasteiger partial charge in [-0.05, 0) is 53.9 Å². The lowest BCUT2D eigenvalue weighted by Crippen LogP contribution is -2.20. The van der Waals surface area contributed by atoms with Crippen LogP contribution in [0.3, 0.4) is 0 Å². The molecule has 2 N–H and O–H groups in total. The zero-order valence-corrected chi connectivity index (χ0v) is 21.4. The molecule has 7 nitrogen and oxygen atoms in total. The van der Waals surface area contributed by atoms with E-state index in [4.69, 9.17) is 14.2 Å². The third kappa shape index (κ3) is 6.79. The summed E-state index contributed by atoms with van der Waals surface area (Å²) in [7, 11) is 1.63. The molecule has 7 heteroatoms. The largest absolute Gasteiger partial charge is 0.496 e. The molecule has 0 fully saturated rings. The number of anilines is 2. The third-order valence-corrected chi connectivity index (χ3v) is 5.62. The van der Waals surface area contributed by atoms with Crippen LogP contribution in [0.5, 0.6) is 23.1 Å². The minimum atomic E-state index is -0.412. The van der Waals surface area contributed by atoms with Crippen LogP contribution in [-0.4, -0.2) is 18.1 Å². The first-order valence-corrected chi connectivity index (χ1v) is 12.0. The van der Waals surface area contributed by atoms with E-state index < -0.39 is 6.03 Å². The number of hydrogen-bond acceptors (Lipinski definition) is 5. The number of urea groups is 1. The van der Waals surface area contributed by atoms with E-state index in [0.717, 1.165) is 16.9 Å². The van der Waals surface area contributed by atoms with Crippen LogP contribution in [0.25, 0.3) is 0 Å². The number of ether oxygens (including phenoxy) is 3. The average Bonchev–Trinajstić information content (AvgIpc) is 2.89. The maximum absolute atomic E-state index is 12.7. The van der Waals surface area contributed by atoms with Crippen LogP contribution < -0.4 is 24.8 Å². The van der Waals surface area contributed by atoms with E-state index in [-0.39, 0.29) is 5.41 Å². The van der Waals surface area contributed by atoms with E-state index in [2.05, 4.69) is 36.4 Å². The summed E-state index contributed by atoms with van der Waals surface area (Å²) < 4.78 is 17.4. The molecule has 0 radical (unpaired) electrons. The Labute approximate surface area is 217 Å². The number of methoxy groups -OCH3 is 1. The van der Waals surface area contributed by atoms with Crippen molar-refractivity contribution in [2.75, 3.05) is 17.7 Å². The van der Waals surface area contributed by atoms with E-state index in [0.29, 0.717) is 35.4 Å². The van der Waals surface area contributed by atoms with Gasteiger partial charge in [-0.1, -0.05) is 57.2 Å². The summed E-state index contributed by atoms with van der Waals surface area (Å²) >= 11 is 0. The van der Waals surface area contributed by atoms with Crippen LogP contribution in [0.4, 0.5) is 16.2 Å². The molecule has 4 rings (SSSR count). The van der Waals surface area contributed by atoms with Gasteiger partial charge in [-0.2, -0.15) is 0 Å². The van der Waals surface area contributed by atoms with Crippen LogP contribution in [0.2, 0.25) is 0 Å². The average molecular weight is 498 g/mol. The van der Waals surface area contributed by atoms with Gasteiger partial charge in [-0.25, -0.2) is 9.78 Å². The standard InChI is InChI=1S/C30H31N3O4/c1-30(2,3)24-11-6-8-14-27(24)37-28-25(12-9-19-31-28)33-29(34)32-22-15-17-23(18-16-22)36-20-21-10-5-7-13-26(21)35-4/h5-19H,20H2,1-4H3,(H2,32,33,34). The van der Waals surface area contributed by atoms with E-state index >= 15 is 0 Å². The highest BCUT2D eigenvalue weighted by molar-refractivity contribution is 6.00. The number of rotatable bonds is 8. The highest BCUT2D eigenvalue weighted by Crippen LogP contribution is 2.35. The van der Waals surface area contributed by atoms with Crippen LogP contribution in [0.1, 0.15) is 31.9 Å². The number of amides is 2. The van der Waals surface area contributed by atoms with E-state index in [1.807, 2.05) is 48.5 Å². The van der Waals surface area contributed by atoms with Gasteiger partial charge >= 0.3 is 6.03 Å². The molecule has 0 unspecified atom stereocenters. The van der Waals surface area contributed by atoms with Gasteiger partial charge in [0, 0.05) is 23.0 Å². The first-order chi connectivity index (χ1) is 17.8. The summed E-state index contributed by atoms with van der Waals surface area (Å²) in [5.41, 5.74) is 2.96. The highest BCUT2D eigenvalue weighted by Gasteiger charge is 2.20. The Hall–Kier alpha value is -4.52. The minimum Gasteiger partial charge on any atom is -0.496 e. The smallest absolute Gasteiger partial charge is 0.323 e. The molecule has 37 heavy (non-hydrogen) atoms. The number of carbonyl (C=O) groups excluding carboxylic acids is 1. The van der Waals surface area contributed by atoms with Crippen LogP contribution in [-0.2, 0) is 12.0 Å². The van der Waals surface area contributed by atoms with Gasteiger partial charge in [-0.15, -0.1) is 0 Å². The molecule has 3 aromatic carbocycles. The molecule has 0 atom stereocenters. The monoisotopic (exact) mass is 497 g/mol. The maximum Gasteiger partial charge on any atom is 0.323 e. The third-order valence-electron chi connectivity index (χ3n) is 5.62. The SMILES string of the molecule is COc1ccccc1COc1ccc(NC(=O)Nc2cccnc2Oc2ccccc2C(C)(C)C)cc1. The second-order valence-corrected chi connectivity index (χ2v) is 9.41. The molecule has 0 spiro atoms. The lowest BCUT2D eigenvalue weighted by atomic mass is 9.86. The summed E-state index contributed by atoms with van der Waals surface area (Å²) in [6.45, 7) is 6.73. The molecule has 1 heterocycles. The van der Waals surface area contributed by atoms with Crippen molar-refractivity contribution in [1.82, 2.24) is 4.98 Å². The van der Waals surface area contributed by atoms with E-state index in [1.165, 1.54) is 0 Å². The lowest BCUT2D eigenvalue weighted by molar-refractivity contribution is 0.262. The molecule has 0 saturated carbocycles. The Morgan fingerprint density at radius 3 is 2.27 bits per heavy atom. The Morgan fingerprint density at radius 1 is 0.838 bits per heavy atom. The highest BCUT2D eigenvalue weighted by atomic mass is 16.5. The number of carbonyl (C=O) groups is 1. The molecule has 190 valence electrons. The molecule has 2 amide bonds. The second-order valence-electron chi connectivity index (χ2n) is 9.41. The van der Waals surface area contributed by atoms with Crippen molar-refractivity contribution in [2.24, 2.45) is 0 Å². The maximum atomic E-state index is 12.7. The van der Waals surface area contributed by atoms with Crippen molar-refractivity contribution in [3.05, 3.63) is 102 Å². The summed E-state index contributed by atoms with van der Waals surface area (Å²) in [6.07, 6.45) is 1.63. The van der Waals surface area contributed by atoms with Gasteiger partial charge in [0.05, 0.1) is 7.11 Å². The first-order valence-electron chi connectivity index (χ1n) is 12.0. The molecule has 0 aliphatic heterocycles. The van der Waals surface area contributed by atoms with Crippen molar-refractivity contribution in [2.45, 2.75) is 32.8 Å². The van der Waals surface area contributed by atoms with Crippen LogP contribution in [0, 0.1) is 0 Å². The number of para-hydroxylation sites is 2. The summed E-state index contributed by atoms with van der Waals surface area (Å²) in [4.78, 5) is 17.1. The number of nitrogens with one attached hydrogen (secondary N) is 2. The summed E-state index contributed by atoms with van der Waals surface area (Å²) in [5, 5.41) is 5.66. The van der Waals surface area contributed by atoms with Crippen LogP contribution in [0.15, 0.2) is 91.1 Å². The van der Waals surface area contributed by atoms with Gasteiger partial charge in [0.15, 0.2) is 0 Å². The number of nitrogens with zero attached hydrogens (tertiary/aromatic N) is 1. The Bertz CT molecular complexity index is 1350. The molecule has 0 saturated heterocycles. The number of pyridine rings is 1. The first kappa shape index (κ1) is 25.6. The Kier molecular flexibility index (Phi) is 7.93. The molecule has 0 aliphatic rings. The van der Waals surface area contributed by atoms with Gasteiger partial charge in [0.1, 0.15) is 29.5 Å². The van der Waals surface area contributed by atoms with Crippen molar-refractivity contribution < 1.29 is 19.0 Å². The van der Waals surface area contributed by atoms with Crippen molar-refractivity contribution >= 4 is 17.4 Å². The number of benzene rings is 3. The normalized spacial score (nSPS) is 10.9. The van der Waals surface area contributed by atoms with Crippen molar-refractivity contribution in [3.63, 3.8) is 0 Å². The van der Waals surface area contributed by atoms with E-state index in [1.54, 1.807) is 49.7 Å². The van der Waals surface area contributed by atoms with Crippen LogP contribution >= 0.6 is 0 Å². The van der Waals surface area contributed by atoms with Crippen molar-refractivity contribution in [3.8, 4) is 23.1 Å². The fourth-order valence-corrected chi connectivity index (χ4v) is 3.75. The second kappa shape index (κ2) is 11.5. The quantitative estimate of drug-likeness (QED) is 0.265. The number of aromatic nitrogens is 1. The molecule has 1 aromatic heterocycles. The minimum absolute atomic E-state index is 0.112. The molecule has 0 aliphatic carbocycles. The zero-order valence-electron chi connectivity index (χ0n) is 21.4. The van der Waals surface area contributed by atoms with Gasteiger partial charge in [-0.3, -0.25) is 0 Å². The predicted octanol–water partition coefficient (Wildman–Crippen LogP) is 7.40. The van der Waals surface area contributed by atoms with E-state index in [9.17, 15) is 4.79 Å².